The van der Waals surface area contributed by atoms with Gasteiger partial charge in [0.1, 0.15) is 11.9 Å². The third-order valence-electron chi connectivity index (χ3n) is 5.44. The lowest BCUT2D eigenvalue weighted by molar-refractivity contribution is -0.138. The van der Waals surface area contributed by atoms with Crippen molar-refractivity contribution in [1.82, 2.24) is 9.80 Å². The normalized spacial score (nSPS) is 20.9. The summed E-state index contributed by atoms with van der Waals surface area (Å²) >= 11 is 0. The predicted octanol–water partition coefficient (Wildman–Crippen LogP) is 3.20. The number of urea groups is 1. The lowest BCUT2D eigenvalue weighted by Crippen LogP contribution is -2.47. The van der Waals surface area contributed by atoms with E-state index in [1.165, 1.54) is 18.6 Å². The number of nitrogens with one attached hydrogen (secondary N) is 1. The highest BCUT2D eigenvalue weighted by Gasteiger charge is 2.31. The Morgan fingerprint density at radius 2 is 1.93 bits per heavy atom. The standard InChI is InChI=1S/C20H25FN4O2/c1-14-3-2-8-25(13-14)19(26)15-6-9-24(10-7-15)20(27)23-18-5-4-17(21)11-16(18)12-22/h4-5,11,14-15H,2-3,6-10,13H2,1H3,(H,23,27). The molecule has 0 saturated carbocycles. The maximum Gasteiger partial charge on any atom is 0.321 e. The van der Waals surface area contributed by atoms with Gasteiger partial charge in [0.25, 0.3) is 0 Å². The van der Waals surface area contributed by atoms with Gasteiger partial charge in [-0.05, 0) is 49.8 Å². The van der Waals surface area contributed by atoms with Crippen LogP contribution in [-0.2, 0) is 4.79 Å². The van der Waals surface area contributed by atoms with E-state index in [1.54, 1.807) is 4.90 Å². The largest absolute Gasteiger partial charge is 0.342 e. The number of carbonyl (C=O) groups excluding carboxylic acids is 2. The van der Waals surface area contributed by atoms with E-state index in [-0.39, 0.29) is 23.4 Å². The lowest BCUT2D eigenvalue weighted by atomic mass is 9.93. The van der Waals surface area contributed by atoms with Crippen LogP contribution in [0, 0.1) is 29.0 Å². The smallest absolute Gasteiger partial charge is 0.321 e. The molecule has 2 aliphatic heterocycles. The van der Waals surface area contributed by atoms with Gasteiger partial charge in [0, 0.05) is 32.1 Å². The van der Waals surface area contributed by atoms with E-state index in [0.717, 1.165) is 25.6 Å². The van der Waals surface area contributed by atoms with Crippen LogP contribution >= 0.6 is 0 Å². The molecular weight excluding hydrogens is 347 g/mol. The number of benzene rings is 1. The summed E-state index contributed by atoms with van der Waals surface area (Å²) in [6.07, 6.45) is 3.53. The van der Waals surface area contributed by atoms with Crippen molar-refractivity contribution < 1.29 is 14.0 Å². The van der Waals surface area contributed by atoms with Crippen molar-refractivity contribution in [3.8, 4) is 6.07 Å². The monoisotopic (exact) mass is 372 g/mol. The van der Waals surface area contributed by atoms with Crippen molar-refractivity contribution in [3.63, 3.8) is 0 Å². The second kappa shape index (κ2) is 8.38. The number of nitrogens with zero attached hydrogens (tertiary/aromatic N) is 3. The van der Waals surface area contributed by atoms with Crippen LogP contribution in [0.15, 0.2) is 18.2 Å². The summed E-state index contributed by atoms with van der Waals surface area (Å²) in [4.78, 5) is 28.8. The van der Waals surface area contributed by atoms with Crippen molar-refractivity contribution >= 4 is 17.6 Å². The number of likely N-dealkylation sites (tertiary alicyclic amines) is 2. The highest BCUT2D eigenvalue weighted by Crippen LogP contribution is 2.24. The zero-order valence-corrected chi connectivity index (χ0v) is 15.6. The van der Waals surface area contributed by atoms with Crippen LogP contribution in [0.5, 0.6) is 0 Å². The molecule has 2 fully saturated rings. The Balaban J connectivity index is 1.54. The minimum atomic E-state index is -0.518. The first kappa shape index (κ1) is 19.2. The molecule has 27 heavy (non-hydrogen) atoms. The van der Waals surface area contributed by atoms with E-state index in [4.69, 9.17) is 5.26 Å². The van der Waals surface area contributed by atoms with E-state index in [9.17, 15) is 14.0 Å². The zero-order valence-electron chi connectivity index (χ0n) is 15.6. The highest BCUT2D eigenvalue weighted by molar-refractivity contribution is 5.91. The Morgan fingerprint density at radius 3 is 2.59 bits per heavy atom. The van der Waals surface area contributed by atoms with E-state index < -0.39 is 5.82 Å². The molecule has 3 rings (SSSR count). The van der Waals surface area contributed by atoms with Crippen molar-refractivity contribution in [3.05, 3.63) is 29.6 Å². The molecule has 1 unspecified atom stereocenters. The number of rotatable bonds is 2. The van der Waals surface area contributed by atoms with E-state index in [2.05, 4.69) is 12.2 Å². The summed E-state index contributed by atoms with van der Waals surface area (Å²) in [6, 6.07) is 5.25. The van der Waals surface area contributed by atoms with Crippen molar-refractivity contribution in [2.45, 2.75) is 32.6 Å². The number of halogens is 1. The molecule has 0 aliphatic carbocycles. The molecule has 0 aromatic heterocycles. The molecule has 1 aromatic rings. The minimum Gasteiger partial charge on any atom is -0.342 e. The van der Waals surface area contributed by atoms with Gasteiger partial charge in [0.05, 0.1) is 11.3 Å². The van der Waals surface area contributed by atoms with Gasteiger partial charge in [0.2, 0.25) is 5.91 Å². The molecule has 144 valence electrons. The van der Waals surface area contributed by atoms with E-state index in [0.29, 0.717) is 37.5 Å². The molecule has 6 nitrogen and oxygen atoms in total. The summed E-state index contributed by atoms with van der Waals surface area (Å²) in [5.74, 6) is 0.223. The van der Waals surface area contributed by atoms with Crippen LogP contribution < -0.4 is 5.32 Å². The Kier molecular flexibility index (Phi) is 5.94. The molecular formula is C20H25FN4O2. The molecule has 0 radical (unpaired) electrons. The number of anilines is 1. The van der Waals surface area contributed by atoms with Crippen LogP contribution in [0.25, 0.3) is 0 Å². The Hall–Kier alpha value is -2.62. The van der Waals surface area contributed by atoms with Gasteiger partial charge < -0.3 is 15.1 Å². The fourth-order valence-corrected chi connectivity index (χ4v) is 3.89. The summed E-state index contributed by atoms with van der Waals surface area (Å²) in [7, 11) is 0. The molecule has 0 spiro atoms. The summed E-state index contributed by atoms with van der Waals surface area (Å²) in [5.41, 5.74) is 0.386. The maximum absolute atomic E-state index is 13.2. The molecule has 0 bridgehead atoms. The fraction of sp³-hybridized carbons (Fsp3) is 0.550. The number of piperidine rings is 2. The third-order valence-corrected chi connectivity index (χ3v) is 5.44. The second-order valence-electron chi connectivity index (χ2n) is 7.52. The maximum atomic E-state index is 13.2. The Labute approximate surface area is 158 Å². The number of hydrogen-bond acceptors (Lipinski definition) is 3. The quantitative estimate of drug-likeness (QED) is 0.866. The predicted molar refractivity (Wildman–Crippen MR) is 99.4 cm³/mol. The number of nitriles is 1. The van der Waals surface area contributed by atoms with Crippen LogP contribution in [-0.4, -0.2) is 47.9 Å². The Bertz CT molecular complexity index is 753. The molecule has 1 atom stereocenters. The summed E-state index contributed by atoms with van der Waals surface area (Å²) in [5, 5.41) is 11.8. The molecule has 3 amide bonds. The van der Waals surface area contributed by atoms with Crippen LogP contribution in [0.4, 0.5) is 14.9 Å². The van der Waals surface area contributed by atoms with Crippen LogP contribution in [0.1, 0.15) is 38.2 Å². The van der Waals surface area contributed by atoms with Gasteiger partial charge in [-0.3, -0.25) is 4.79 Å². The van der Waals surface area contributed by atoms with Crippen molar-refractivity contribution in [2.24, 2.45) is 11.8 Å². The first-order valence-corrected chi connectivity index (χ1v) is 9.52. The topological polar surface area (TPSA) is 76.4 Å². The number of amides is 3. The van der Waals surface area contributed by atoms with Gasteiger partial charge in [-0.2, -0.15) is 5.26 Å². The molecule has 2 aliphatic rings. The first-order valence-electron chi connectivity index (χ1n) is 9.52. The van der Waals surface area contributed by atoms with Crippen LogP contribution in [0.3, 0.4) is 0 Å². The van der Waals surface area contributed by atoms with Crippen molar-refractivity contribution in [2.75, 3.05) is 31.5 Å². The lowest BCUT2D eigenvalue weighted by Gasteiger charge is -2.37. The van der Waals surface area contributed by atoms with Crippen LogP contribution in [0.2, 0.25) is 0 Å². The van der Waals surface area contributed by atoms with Gasteiger partial charge in [0.15, 0.2) is 0 Å². The SMILES string of the molecule is CC1CCCN(C(=O)C2CCN(C(=O)Nc3ccc(F)cc3C#N)CC2)C1. The highest BCUT2D eigenvalue weighted by atomic mass is 19.1. The molecule has 1 aromatic carbocycles. The molecule has 7 heteroatoms. The minimum absolute atomic E-state index is 0.0279. The average molecular weight is 372 g/mol. The molecule has 2 saturated heterocycles. The fourth-order valence-electron chi connectivity index (χ4n) is 3.89. The summed E-state index contributed by atoms with van der Waals surface area (Å²) in [6.45, 7) is 4.84. The Morgan fingerprint density at radius 1 is 1.19 bits per heavy atom. The van der Waals surface area contributed by atoms with Crippen molar-refractivity contribution in [1.29, 1.82) is 5.26 Å². The van der Waals surface area contributed by atoms with E-state index >= 15 is 0 Å². The molecule has 1 N–H and O–H groups in total. The van der Waals surface area contributed by atoms with Gasteiger partial charge in [-0.1, -0.05) is 6.92 Å². The van der Waals surface area contributed by atoms with Gasteiger partial charge in [-0.15, -0.1) is 0 Å². The number of carbonyl (C=O) groups is 2. The van der Waals surface area contributed by atoms with E-state index in [1.807, 2.05) is 11.0 Å². The summed E-state index contributed by atoms with van der Waals surface area (Å²) < 4.78 is 13.2. The first-order chi connectivity index (χ1) is 13.0. The second-order valence-corrected chi connectivity index (χ2v) is 7.52. The van der Waals surface area contributed by atoms with Gasteiger partial charge >= 0.3 is 6.03 Å². The zero-order chi connectivity index (χ0) is 19.4. The van der Waals surface area contributed by atoms with Gasteiger partial charge in [-0.25, -0.2) is 9.18 Å². The number of hydrogen-bond donors (Lipinski definition) is 1. The third kappa shape index (κ3) is 4.57. The molecule has 2 heterocycles. The average Bonchev–Trinajstić information content (AvgIpc) is 2.68.